The highest BCUT2D eigenvalue weighted by Gasteiger charge is 2.26. The second-order valence-electron chi connectivity index (χ2n) is 7.10. The monoisotopic (exact) mass is 559 g/mol. The molecule has 10 heteroatoms. The average molecular weight is 559 g/mol. The number of anilines is 1. The summed E-state index contributed by atoms with van der Waals surface area (Å²) < 4.78 is 30.3. The number of hydrogen-bond donors (Lipinski definition) is 2. The molecule has 1 aliphatic rings. The molecular formula is C22H31FIN5O3. The van der Waals surface area contributed by atoms with Crippen LogP contribution in [0.3, 0.4) is 0 Å². The Morgan fingerprint density at radius 1 is 1.19 bits per heavy atom. The van der Waals surface area contributed by atoms with Crippen molar-refractivity contribution in [3.05, 3.63) is 41.8 Å². The Hall–Kier alpha value is -2.50. The first kappa shape index (κ1) is 25.8. The summed E-state index contributed by atoms with van der Waals surface area (Å²) in [5.41, 5.74) is 0.876. The van der Waals surface area contributed by atoms with Gasteiger partial charge in [-0.25, -0.2) is 14.4 Å². The van der Waals surface area contributed by atoms with Gasteiger partial charge >= 0.3 is 0 Å². The van der Waals surface area contributed by atoms with E-state index < -0.39 is 0 Å². The lowest BCUT2D eigenvalue weighted by molar-refractivity contribution is 0.347. The van der Waals surface area contributed by atoms with Crippen LogP contribution in [0, 0.1) is 5.82 Å². The van der Waals surface area contributed by atoms with Crippen LogP contribution in [0.25, 0.3) is 0 Å². The normalized spacial score (nSPS) is 15.7. The molecule has 176 valence electrons. The molecular weight excluding hydrogens is 528 g/mol. The first-order valence-corrected chi connectivity index (χ1v) is 10.3. The van der Waals surface area contributed by atoms with Gasteiger partial charge in [-0.05, 0) is 31.5 Å². The number of guanidine groups is 1. The van der Waals surface area contributed by atoms with Gasteiger partial charge < -0.3 is 29.7 Å². The third kappa shape index (κ3) is 6.27. The number of ether oxygens (including phenoxy) is 3. The fourth-order valence-electron chi connectivity index (χ4n) is 3.57. The quantitative estimate of drug-likeness (QED) is 0.292. The number of aromatic nitrogens is 1. The standard InChI is InChI=1S/C22H30FN5O3.HI/c1-5-24-22(26-13-15-11-19(30-3)20(31-4)12-18(15)29-2)27-16-8-10-28(14-16)21-17(23)7-6-9-25-21;/h6-7,9,11-12,16H,5,8,10,13-14H2,1-4H3,(H2,24,26,27);1H. The number of nitrogens with zero attached hydrogens (tertiary/aromatic N) is 3. The van der Waals surface area contributed by atoms with Crippen LogP contribution < -0.4 is 29.7 Å². The van der Waals surface area contributed by atoms with Crippen LogP contribution >= 0.6 is 24.0 Å². The highest BCUT2D eigenvalue weighted by molar-refractivity contribution is 14.0. The average Bonchev–Trinajstić information content (AvgIpc) is 3.25. The maximum absolute atomic E-state index is 14.1. The summed E-state index contributed by atoms with van der Waals surface area (Å²) in [6.45, 7) is 4.51. The van der Waals surface area contributed by atoms with E-state index >= 15 is 0 Å². The van der Waals surface area contributed by atoms with Gasteiger partial charge in [-0.2, -0.15) is 0 Å². The van der Waals surface area contributed by atoms with Gasteiger partial charge in [0.05, 0.1) is 27.9 Å². The van der Waals surface area contributed by atoms with E-state index in [1.165, 1.54) is 6.07 Å². The topological polar surface area (TPSA) is 80.2 Å². The zero-order valence-corrected chi connectivity index (χ0v) is 21.2. The number of benzene rings is 1. The Kier molecular flexibility index (Phi) is 10.1. The predicted molar refractivity (Wildman–Crippen MR) is 134 cm³/mol. The molecule has 1 aliphatic heterocycles. The summed E-state index contributed by atoms with van der Waals surface area (Å²) in [4.78, 5) is 10.8. The van der Waals surface area contributed by atoms with Gasteiger partial charge in [0.1, 0.15) is 5.75 Å². The van der Waals surface area contributed by atoms with Crippen molar-refractivity contribution in [1.82, 2.24) is 15.6 Å². The van der Waals surface area contributed by atoms with E-state index in [0.29, 0.717) is 42.1 Å². The molecule has 2 heterocycles. The first-order valence-electron chi connectivity index (χ1n) is 10.3. The molecule has 8 nitrogen and oxygen atoms in total. The van der Waals surface area contributed by atoms with Gasteiger partial charge in [0.25, 0.3) is 0 Å². The van der Waals surface area contributed by atoms with Crippen LogP contribution in [0.2, 0.25) is 0 Å². The minimum Gasteiger partial charge on any atom is -0.496 e. The second-order valence-corrected chi connectivity index (χ2v) is 7.10. The lowest BCUT2D eigenvalue weighted by Gasteiger charge is -2.20. The van der Waals surface area contributed by atoms with Crippen LogP contribution in [-0.2, 0) is 6.54 Å². The van der Waals surface area contributed by atoms with Crippen molar-refractivity contribution in [2.24, 2.45) is 4.99 Å². The molecule has 0 aliphatic carbocycles. The highest BCUT2D eigenvalue weighted by atomic mass is 127. The van der Waals surface area contributed by atoms with Gasteiger partial charge in [0.15, 0.2) is 29.1 Å². The number of nitrogens with one attached hydrogen (secondary N) is 2. The maximum Gasteiger partial charge on any atom is 0.191 e. The largest absolute Gasteiger partial charge is 0.496 e. The van der Waals surface area contributed by atoms with Crippen molar-refractivity contribution in [3.8, 4) is 17.2 Å². The number of pyridine rings is 1. The fourth-order valence-corrected chi connectivity index (χ4v) is 3.57. The molecule has 1 fully saturated rings. The van der Waals surface area contributed by atoms with E-state index in [-0.39, 0.29) is 35.8 Å². The van der Waals surface area contributed by atoms with Crippen molar-refractivity contribution < 1.29 is 18.6 Å². The van der Waals surface area contributed by atoms with E-state index in [1.54, 1.807) is 39.7 Å². The summed E-state index contributed by atoms with van der Waals surface area (Å²) in [6, 6.07) is 6.83. The smallest absolute Gasteiger partial charge is 0.191 e. The molecule has 1 unspecified atom stereocenters. The Labute approximate surface area is 205 Å². The molecule has 32 heavy (non-hydrogen) atoms. The van der Waals surface area contributed by atoms with Crippen molar-refractivity contribution in [2.45, 2.75) is 25.9 Å². The van der Waals surface area contributed by atoms with Crippen LogP contribution in [0.1, 0.15) is 18.9 Å². The van der Waals surface area contributed by atoms with Gasteiger partial charge in [-0.3, -0.25) is 0 Å². The van der Waals surface area contributed by atoms with Crippen molar-refractivity contribution in [2.75, 3.05) is 45.9 Å². The zero-order valence-electron chi connectivity index (χ0n) is 18.9. The molecule has 2 N–H and O–H groups in total. The van der Waals surface area contributed by atoms with E-state index in [0.717, 1.165) is 25.1 Å². The molecule has 0 spiro atoms. The van der Waals surface area contributed by atoms with Crippen LogP contribution in [0.15, 0.2) is 35.5 Å². The highest BCUT2D eigenvalue weighted by Crippen LogP contribution is 2.35. The van der Waals surface area contributed by atoms with Gasteiger partial charge in [0, 0.05) is 43.5 Å². The summed E-state index contributed by atoms with van der Waals surface area (Å²) >= 11 is 0. The van der Waals surface area contributed by atoms with Crippen LogP contribution in [0.4, 0.5) is 10.2 Å². The molecule has 3 rings (SSSR count). The van der Waals surface area contributed by atoms with Crippen LogP contribution in [-0.4, -0.2) is 57.9 Å². The number of hydrogen-bond acceptors (Lipinski definition) is 6. The van der Waals surface area contributed by atoms with E-state index in [4.69, 9.17) is 19.2 Å². The van der Waals surface area contributed by atoms with E-state index in [2.05, 4.69) is 15.6 Å². The SMILES string of the molecule is CCNC(=NCc1cc(OC)c(OC)cc1OC)NC1CCN(c2ncccc2F)C1.I. The lowest BCUT2D eigenvalue weighted by Crippen LogP contribution is -2.44. The maximum atomic E-state index is 14.1. The molecule has 0 radical (unpaired) electrons. The van der Waals surface area contributed by atoms with Crippen LogP contribution in [0.5, 0.6) is 17.2 Å². The summed E-state index contributed by atoms with van der Waals surface area (Å²) in [7, 11) is 4.80. The van der Waals surface area contributed by atoms with Gasteiger partial charge in [-0.15, -0.1) is 24.0 Å². The zero-order chi connectivity index (χ0) is 22.2. The fraction of sp³-hybridized carbons (Fsp3) is 0.455. The van der Waals surface area contributed by atoms with Gasteiger partial charge in [-0.1, -0.05) is 0 Å². The number of rotatable bonds is 8. The molecule has 1 aromatic carbocycles. The molecule has 0 bridgehead atoms. The first-order chi connectivity index (χ1) is 15.1. The van der Waals surface area contributed by atoms with E-state index in [9.17, 15) is 4.39 Å². The third-order valence-corrected chi connectivity index (χ3v) is 5.11. The molecule has 1 aromatic heterocycles. The van der Waals surface area contributed by atoms with Crippen molar-refractivity contribution in [1.29, 1.82) is 0 Å². The third-order valence-electron chi connectivity index (χ3n) is 5.11. The Morgan fingerprint density at radius 3 is 2.56 bits per heavy atom. The molecule has 0 saturated carbocycles. The number of aliphatic imine (C=N–C) groups is 1. The molecule has 1 saturated heterocycles. The summed E-state index contributed by atoms with van der Waals surface area (Å²) in [5, 5.41) is 6.71. The Bertz CT molecular complexity index is 915. The molecule has 0 amide bonds. The molecule has 2 aromatic rings. The molecule has 1 atom stereocenters. The van der Waals surface area contributed by atoms with Gasteiger partial charge in [0.2, 0.25) is 0 Å². The Balaban J connectivity index is 0.00000363. The summed E-state index contributed by atoms with van der Waals surface area (Å²) in [6.07, 6.45) is 2.47. The van der Waals surface area contributed by atoms with Crippen molar-refractivity contribution >= 4 is 35.8 Å². The minimum absolute atomic E-state index is 0. The second kappa shape index (κ2) is 12.5. The van der Waals surface area contributed by atoms with E-state index in [1.807, 2.05) is 17.9 Å². The van der Waals surface area contributed by atoms with Crippen molar-refractivity contribution in [3.63, 3.8) is 0 Å². The lowest BCUT2D eigenvalue weighted by atomic mass is 10.1. The number of halogens is 2. The number of methoxy groups -OCH3 is 3. The predicted octanol–water partition coefficient (Wildman–Crippen LogP) is 3.20. The Morgan fingerprint density at radius 2 is 1.91 bits per heavy atom. The summed E-state index contributed by atoms with van der Waals surface area (Å²) in [5.74, 6) is 2.68. The minimum atomic E-state index is -0.302.